The summed E-state index contributed by atoms with van der Waals surface area (Å²) in [5, 5.41) is 3.53. The van der Waals surface area contributed by atoms with Crippen LogP contribution >= 0.6 is 11.6 Å². The lowest BCUT2D eigenvalue weighted by Crippen LogP contribution is -2.59. The first-order valence-electron chi connectivity index (χ1n) is 3.33. The Balaban J connectivity index is 2.79. The van der Waals surface area contributed by atoms with Crippen LogP contribution in [-0.4, -0.2) is 23.2 Å². The number of imide groups is 1. The van der Waals surface area contributed by atoms with Gasteiger partial charge in [0.05, 0.1) is 5.92 Å². The molecule has 0 bridgehead atoms. The van der Waals surface area contributed by atoms with Crippen LogP contribution in [0.1, 0.15) is 6.92 Å². The fraction of sp³-hybridized carbons (Fsp3) is 0.500. The van der Waals surface area contributed by atoms with E-state index in [0.29, 0.717) is 0 Å². The second-order valence-electron chi connectivity index (χ2n) is 2.53. The first-order chi connectivity index (χ1) is 5.52. The Labute approximate surface area is 73.4 Å². The summed E-state index contributed by atoms with van der Waals surface area (Å²) in [7, 11) is 0. The lowest BCUT2D eigenvalue weighted by Gasteiger charge is -2.25. The zero-order valence-corrected chi connectivity index (χ0v) is 7.01. The second-order valence-corrected chi connectivity index (χ2v) is 2.91. The van der Waals surface area contributed by atoms with E-state index in [0.717, 1.165) is 0 Å². The molecule has 1 aliphatic heterocycles. The maximum atomic E-state index is 10.9. The molecule has 2 unspecified atom stereocenters. The molecule has 6 heteroatoms. The van der Waals surface area contributed by atoms with Crippen LogP contribution in [0.4, 0.5) is 4.79 Å². The standard InChI is InChI=1S/C6H7ClN2O3/c1-2-3(4(7)10)8-6(12)9-5(2)11/h2-3H,1H3,(H2,8,9,11,12). The van der Waals surface area contributed by atoms with Crippen LogP contribution in [0.25, 0.3) is 0 Å². The number of carbonyl (C=O) groups is 3. The molecule has 2 atom stereocenters. The van der Waals surface area contributed by atoms with E-state index in [4.69, 9.17) is 11.6 Å². The minimum atomic E-state index is -0.909. The third kappa shape index (κ3) is 1.55. The number of amides is 3. The Morgan fingerprint density at radius 2 is 2.08 bits per heavy atom. The molecule has 12 heavy (non-hydrogen) atoms. The van der Waals surface area contributed by atoms with Crippen molar-refractivity contribution in [3.63, 3.8) is 0 Å². The van der Waals surface area contributed by atoms with Gasteiger partial charge in [-0.05, 0) is 11.6 Å². The molecular weight excluding hydrogens is 184 g/mol. The minimum Gasteiger partial charge on any atom is -0.326 e. The van der Waals surface area contributed by atoms with E-state index in [1.807, 2.05) is 5.32 Å². The van der Waals surface area contributed by atoms with Crippen LogP contribution in [0, 0.1) is 5.92 Å². The molecule has 1 fully saturated rings. The van der Waals surface area contributed by atoms with Gasteiger partial charge in [0.2, 0.25) is 11.1 Å². The number of rotatable bonds is 1. The summed E-state index contributed by atoms with van der Waals surface area (Å²) < 4.78 is 0. The predicted molar refractivity (Wildman–Crippen MR) is 40.5 cm³/mol. The van der Waals surface area contributed by atoms with Crippen LogP contribution in [0.3, 0.4) is 0 Å². The first kappa shape index (κ1) is 8.99. The van der Waals surface area contributed by atoms with Crippen LogP contribution in [0.5, 0.6) is 0 Å². The Kier molecular flexibility index (Phi) is 2.32. The van der Waals surface area contributed by atoms with Crippen molar-refractivity contribution >= 4 is 28.8 Å². The highest BCUT2D eigenvalue weighted by atomic mass is 35.5. The van der Waals surface area contributed by atoms with E-state index in [9.17, 15) is 14.4 Å². The molecule has 1 heterocycles. The highest BCUT2D eigenvalue weighted by Crippen LogP contribution is 2.09. The minimum absolute atomic E-state index is 0.488. The summed E-state index contributed by atoms with van der Waals surface area (Å²) in [6.45, 7) is 1.51. The molecule has 1 aliphatic rings. The van der Waals surface area contributed by atoms with Crippen molar-refractivity contribution in [1.82, 2.24) is 10.6 Å². The van der Waals surface area contributed by atoms with Gasteiger partial charge in [0.15, 0.2) is 0 Å². The Bertz CT molecular complexity index is 253. The molecule has 1 rings (SSSR count). The fourth-order valence-corrected chi connectivity index (χ4v) is 1.18. The van der Waals surface area contributed by atoms with Crippen molar-refractivity contribution in [2.75, 3.05) is 0 Å². The zero-order chi connectivity index (χ0) is 9.30. The smallest absolute Gasteiger partial charge is 0.322 e. The number of halogens is 1. The quantitative estimate of drug-likeness (QED) is 0.553. The fourth-order valence-electron chi connectivity index (χ4n) is 0.933. The first-order valence-corrected chi connectivity index (χ1v) is 3.71. The molecule has 66 valence electrons. The van der Waals surface area contributed by atoms with E-state index >= 15 is 0 Å². The van der Waals surface area contributed by atoms with Crippen molar-refractivity contribution in [3.05, 3.63) is 0 Å². The monoisotopic (exact) mass is 190 g/mol. The highest BCUT2D eigenvalue weighted by Gasteiger charge is 2.35. The van der Waals surface area contributed by atoms with E-state index in [-0.39, 0.29) is 0 Å². The third-order valence-electron chi connectivity index (χ3n) is 1.68. The summed E-state index contributed by atoms with van der Waals surface area (Å²) in [6, 6.07) is -1.59. The molecular formula is C6H7ClN2O3. The highest BCUT2D eigenvalue weighted by molar-refractivity contribution is 6.65. The maximum absolute atomic E-state index is 10.9. The Morgan fingerprint density at radius 1 is 1.50 bits per heavy atom. The summed E-state index contributed by atoms with van der Waals surface area (Å²) >= 11 is 5.15. The topological polar surface area (TPSA) is 75.3 Å². The van der Waals surface area contributed by atoms with Crippen LogP contribution in [-0.2, 0) is 9.59 Å². The molecule has 0 radical (unpaired) electrons. The summed E-state index contributed by atoms with van der Waals surface area (Å²) in [5.41, 5.74) is 0. The van der Waals surface area contributed by atoms with Crippen molar-refractivity contribution in [2.45, 2.75) is 13.0 Å². The molecule has 2 N–H and O–H groups in total. The number of hydrogen-bond acceptors (Lipinski definition) is 3. The van der Waals surface area contributed by atoms with Gasteiger partial charge < -0.3 is 5.32 Å². The van der Waals surface area contributed by atoms with E-state index in [1.54, 1.807) is 0 Å². The van der Waals surface area contributed by atoms with Crippen molar-refractivity contribution in [2.24, 2.45) is 5.92 Å². The van der Waals surface area contributed by atoms with E-state index in [1.165, 1.54) is 6.92 Å². The van der Waals surface area contributed by atoms with Gasteiger partial charge in [-0.1, -0.05) is 6.92 Å². The maximum Gasteiger partial charge on any atom is 0.322 e. The van der Waals surface area contributed by atoms with Crippen molar-refractivity contribution < 1.29 is 14.4 Å². The largest absolute Gasteiger partial charge is 0.326 e. The lowest BCUT2D eigenvalue weighted by atomic mass is 10.0. The molecule has 0 saturated carbocycles. The van der Waals surface area contributed by atoms with Crippen LogP contribution < -0.4 is 10.6 Å². The normalized spacial score (nSPS) is 29.2. The van der Waals surface area contributed by atoms with Crippen molar-refractivity contribution in [1.29, 1.82) is 0 Å². The molecule has 0 aromatic rings. The molecule has 1 saturated heterocycles. The Hall–Kier alpha value is -1.10. The zero-order valence-electron chi connectivity index (χ0n) is 6.26. The SMILES string of the molecule is CC1C(=O)NC(=O)NC1C(=O)Cl. The van der Waals surface area contributed by atoms with Gasteiger partial charge in [0.1, 0.15) is 6.04 Å². The third-order valence-corrected chi connectivity index (χ3v) is 1.92. The number of carbonyl (C=O) groups excluding carboxylic acids is 3. The average Bonchev–Trinajstić information content (AvgIpc) is 1.96. The second kappa shape index (κ2) is 3.10. The lowest BCUT2D eigenvalue weighted by molar-refractivity contribution is -0.128. The van der Waals surface area contributed by atoms with Gasteiger partial charge in [-0.2, -0.15) is 0 Å². The number of hydrogen-bond donors (Lipinski definition) is 2. The molecule has 5 nitrogen and oxygen atoms in total. The van der Waals surface area contributed by atoms with E-state index in [2.05, 4.69) is 5.32 Å². The molecule has 0 aliphatic carbocycles. The van der Waals surface area contributed by atoms with Crippen LogP contribution in [0.15, 0.2) is 0 Å². The van der Waals surface area contributed by atoms with Gasteiger partial charge in [-0.15, -0.1) is 0 Å². The summed E-state index contributed by atoms with van der Waals surface area (Å²) in [6.07, 6.45) is 0. The van der Waals surface area contributed by atoms with Gasteiger partial charge in [0, 0.05) is 0 Å². The predicted octanol–water partition coefficient (Wildman–Crippen LogP) is -0.404. The average molecular weight is 191 g/mol. The van der Waals surface area contributed by atoms with Gasteiger partial charge >= 0.3 is 6.03 Å². The number of urea groups is 1. The molecule has 0 aromatic carbocycles. The molecule has 0 aromatic heterocycles. The summed E-state index contributed by atoms with van der Waals surface area (Å²) in [5.74, 6) is -1.11. The van der Waals surface area contributed by atoms with Gasteiger partial charge in [-0.3, -0.25) is 14.9 Å². The van der Waals surface area contributed by atoms with Gasteiger partial charge in [0.25, 0.3) is 0 Å². The van der Waals surface area contributed by atoms with Crippen LogP contribution in [0.2, 0.25) is 0 Å². The Morgan fingerprint density at radius 3 is 2.58 bits per heavy atom. The molecule has 3 amide bonds. The molecule has 0 spiro atoms. The number of nitrogens with one attached hydrogen (secondary N) is 2. The van der Waals surface area contributed by atoms with E-state index < -0.39 is 29.1 Å². The van der Waals surface area contributed by atoms with Gasteiger partial charge in [-0.25, -0.2) is 4.79 Å². The van der Waals surface area contributed by atoms with Crippen molar-refractivity contribution in [3.8, 4) is 0 Å². The summed E-state index contributed by atoms with van der Waals surface area (Å²) in [4.78, 5) is 32.3.